The molecule has 27 heavy (non-hydrogen) atoms. The van der Waals surface area contributed by atoms with Gasteiger partial charge >= 0.3 is 0 Å². The zero-order valence-electron chi connectivity index (χ0n) is 15.4. The summed E-state index contributed by atoms with van der Waals surface area (Å²) in [6.07, 6.45) is 3.33. The molecule has 5 nitrogen and oxygen atoms in total. The van der Waals surface area contributed by atoms with E-state index in [-0.39, 0.29) is 24.8 Å². The number of aryl methyl sites for hydroxylation is 1. The molecule has 0 aromatic heterocycles. The van der Waals surface area contributed by atoms with Crippen molar-refractivity contribution in [3.8, 4) is 5.75 Å². The van der Waals surface area contributed by atoms with E-state index in [4.69, 9.17) is 4.74 Å². The molecule has 2 aromatic carbocycles. The SMILES string of the molecule is CCOc1ccccc1/C=C/C(=O)NCCC(=O)Nc1cc(Br)ccc1C. The summed E-state index contributed by atoms with van der Waals surface area (Å²) in [6, 6.07) is 13.2. The van der Waals surface area contributed by atoms with Crippen LogP contribution >= 0.6 is 15.9 Å². The summed E-state index contributed by atoms with van der Waals surface area (Å²) in [5, 5.41) is 5.56. The van der Waals surface area contributed by atoms with Gasteiger partial charge in [0.1, 0.15) is 5.75 Å². The molecular formula is C21H23BrN2O3. The Bertz CT molecular complexity index is 834. The smallest absolute Gasteiger partial charge is 0.244 e. The first-order valence-corrected chi connectivity index (χ1v) is 9.52. The molecule has 0 aliphatic heterocycles. The maximum Gasteiger partial charge on any atom is 0.244 e. The monoisotopic (exact) mass is 430 g/mol. The van der Waals surface area contributed by atoms with Crippen LogP contribution in [0.2, 0.25) is 0 Å². The Labute approximate surface area is 167 Å². The molecule has 0 bridgehead atoms. The van der Waals surface area contributed by atoms with Gasteiger partial charge in [-0.2, -0.15) is 0 Å². The molecule has 0 aliphatic rings. The second kappa shape index (κ2) is 10.5. The minimum absolute atomic E-state index is 0.151. The minimum Gasteiger partial charge on any atom is -0.493 e. The van der Waals surface area contributed by atoms with Gasteiger partial charge in [-0.05, 0) is 43.7 Å². The largest absolute Gasteiger partial charge is 0.493 e. The van der Waals surface area contributed by atoms with Crippen LogP contribution < -0.4 is 15.4 Å². The number of hydrogen-bond donors (Lipinski definition) is 2. The Morgan fingerprint density at radius 1 is 1.19 bits per heavy atom. The third-order valence-electron chi connectivity index (χ3n) is 3.76. The number of rotatable bonds is 8. The number of hydrogen-bond acceptors (Lipinski definition) is 3. The highest BCUT2D eigenvalue weighted by atomic mass is 79.9. The van der Waals surface area contributed by atoms with Crippen molar-refractivity contribution in [3.63, 3.8) is 0 Å². The molecule has 0 saturated heterocycles. The lowest BCUT2D eigenvalue weighted by Gasteiger charge is -2.09. The van der Waals surface area contributed by atoms with Crippen molar-refractivity contribution in [1.82, 2.24) is 5.32 Å². The van der Waals surface area contributed by atoms with Gasteiger partial charge < -0.3 is 15.4 Å². The fourth-order valence-corrected chi connectivity index (χ4v) is 2.73. The fraction of sp³-hybridized carbons (Fsp3) is 0.238. The zero-order valence-corrected chi connectivity index (χ0v) is 17.0. The molecule has 2 N–H and O–H groups in total. The van der Waals surface area contributed by atoms with Crippen LogP contribution in [0.3, 0.4) is 0 Å². The van der Waals surface area contributed by atoms with Crippen molar-refractivity contribution in [1.29, 1.82) is 0 Å². The van der Waals surface area contributed by atoms with E-state index in [0.29, 0.717) is 6.61 Å². The zero-order chi connectivity index (χ0) is 19.6. The number of halogens is 1. The molecule has 0 radical (unpaired) electrons. The fourth-order valence-electron chi connectivity index (χ4n) is 2.37. The maximum atomic E-state index is 12.0. The van der Waals surface area contributed by atoms with Crippen LogP contribution in [0.1, 0.15) is 24.5 Å². The van der Waals surface area contributed by atoms with Crippen molar-refractivity contribution >= 4 is 39.5 Å². The number of nitrogens with one attached hydrogen (secondary N) is 2. The Hall–Kier alpha value is -2.60. The topological polar surface area (TPSA) is 67.4 Å². The second-order valence-corrected chi connectivity index (χ2v) is 6.77. The molecule has 0 atom stereocenters. The first-order chi connectivity index (χ1) is 13.0. The summed E-state index contributed by atoms with van der Waals surface area (Å²) >= 11 is 3.38. The highest BCUT2D eigenvalue weighted by Gasteiger charge is 2.06. The lowest BCUT2D eigenvalue weighted by atomic mass is 10.2. The molecule has 0 fully saturated rings. The van der Waals surface area contributed by atoms with Crippen LogP contribution in [0, 0.1) is 6.92 Å². The van der Waals surface area contributed by atoms with Crippen molar-refractivity contribution in [2.45, 2.75) is 20.3 Å². The van der Waals surface area contributed by atoms with Crippen molar-refractivity contribution in [3.05, 3.63) is 64.1 Å². The van der Waals surface area contributed by atoms with Gasteiger partial charge in [-0.25, -0.2) is 0 Å². The van der Waals surface area contributed by atoms with Crippen LogP contribution in [0.15, 0.2) is 53.0 Å². The van der Waals surface area contributed by atoms with Crippen molar-refractivity contribution < 1.29 is 14.3 Å². The maximum absolute atomic E-state index is 12.0. The first kappa shape index (κ1) is 20.7. The normalized spacial score (nSPS) is 10.6. The first-order valence-electron chi connectivity index (χ1n) is 8.73. The summed E-state index contributed by atoms with van der Waals surface area (Å²) in [4.78, 5) is 24.0. The molecular weight excluding hydrogens is 408 g/mol. The Morgan fingerprint density at radius 2 is 1.96 bits per heavy atom. The van der Waals surface area contributed by atoms with Crippen LogP contribution in [-0.4, -0.2) is 25.0 Å². The predicted molar refractivity (Wildman–Crippen MR) is 112 cm³/mol. The lowest BCUT2D eigenvalue weighted by Crippen LogP contribution is -2.26. The van der Waals surface area contributed by atoms with Gasteiger partial charge in [-0.3, -0.25) is 9.59 Å². The van der Waals surface area contributed by atoms with Crippen LogP contribution in [0.25, 0.3) is 6.08 Å². The minimum atomic E-state index is -0.257. The Morgan fingerprint density at radius 3 is 2.74 bits per heavy atom. The number of carbonyl (C=O) groups is 2. The van der Waals surface area contributed by atoms with Crippen LogP contribution in [0.4, 0.5) is 5.69 Å². The molecule has 6 heteroatoms. The van der Waals surface area contributed by atoms with Crippen molar-refractivity contribution in [2.75, 3.05) is 18.5 Å². The summed E-state index contributed by atoms with van der Waals surface area (Å²) < 4.78 is 6.41. The van der Waals surface area contributed by atoms with Gasteiger partial charge in [0, 0.05) is 34.8 Å². The number of anilines is 1. The van der Waals surface area contributed by atoms with E-state index in [9.17, 15) is 9.59 Å². The van der Waals surface area contributed by atoms with Gasteiger partial charge in [0.05, 0.1) is 6.61 Å². The third-order valence-corrected chi connectivity index (χ3v) is 4.25. The third kappa shape index (κ3) is 6.90. The van der Waals surface area contributed by atoms with Gasteiger partial charge in [-0.1, -0.05) is 40.2 Å². The quantitative estimate of drug-likeness (QED) is 0.612. The molecule has 0 aliphatic carbocycles. The van der Waals surface area contributed by atoms with E-state index in [1.54, 1.807) is 6.08 Å². The predicted octanol–water partition coefficient (Wildman–Crippen LogP) is 4.31. The second-order valence-electron chi connectivity index (χ2n) is 5.85. The summed E-state index contributed by atoms with van der Waals surface area (Å²) in [5.41, 5.74) is 2.57. The number of ether oxygens (including phenoxy) is 1. The molecule has 2 rings (SSSR count). The summed E-state index contributed by atoms with van der Waals surface area (Å²) in [7, 11) is 0. The van der Waals surface area contributed by atoms with E-state index >= 15 is 0 Å². The highest BCUT2D eigenvalue weighted by Crippen LogP contribution is 2.21. The average molecular weight is 431 g/mol. The van der Waals surface area contributed by atoms with E-state index < -0.39 is 0 Å². The standard InChI is InChI=1S/C21H23BrN2O3/c1-3-27-19-7-5-4-6-16(19)9-11-20(25)23-13-12-21(26)24-18-14-17(22)10-8-15(18)2/h4-11,14H,3,12-13H2,1-2H3,(H,23,25)(H,24,26)/b11-9+. The Kier molecular flexibility index (Phi) is 8.07. The van der Waals surface area contributed by atoms with Crippen LogP contribution in [-0.2, 0) is 9.59 Å². The number of carbonyl (C=O) groups excluding carboxylic acids is 2. The summed E-state index contributed by atoms with van der Waals surface area (Å²) in [6.45, 7) is 4.65. The Balaban J connectivity index is 1.80. The lowest BCUT2D eigenvalue weighted by molar-refractivity contribution is -0.117. The number of benzene rings is 2. The van der Waals surface area contributed by atoms with E-state index in [1.807, 2.05) is 56.3 Å². The van der Waals surface area contributed by atoms with E-state index in [1.165, 1.54) is 6.08 Å². The van der Waals surface area contributed by atoms with Crippen molar-refractivity contribution in [2.24, 2.45) is 0 Å². The average Bonchev–Trinajstić information content (AvgIpc) is 2.64. The van der Waals surface area contributed by atoms with Gasteiger partial charge in [-0.15, -0.1) is 0 Å². The van der Waals surface area contributed by atoms with E-state index in [2.05, 4.69) is 26.6 Å². The number of amides is 2. The molecule has 2 aromatic rings. The van der Waals surface area contributed by atoms with Gasteiger partial charge in [0.25, 0.3) is 0 Å². The number of para-hydroxylation sites is 1. The molecule has 0 saturated carbocycles. The molecule has 0 unspecified atom stereocenters. The van der Waals surface area contributed by atoms with Crippen LogP contribution in [0.5, 0.6) is 5.75 Å². The molecule has 0 heterocycles. The van der Waals surface area contributed by atoms with Gasteiger partial charge in [0.15, 0.2) is 0 Å². The van der Waals surface area contributed by atoms with Gasteiger partial charge in [0.2, 0.25) is 11.8 Å². The summed E-state index contributed by atoms with van der Waals surface area (Å²) in [5.74, 6) is 0.322. The molecule has 142 valence electrons. The van der Waals surface area contributed by atoms with E-state index in [0.717, 1.165) is 27.0 Å². The molecule has 2 amide bonds. The highest BCUT2D eigenvalue weighted by molar-refractivity contribution is 9.10. The molecule has 0 spiro atoms.